The van der Waals surface area contributed by atoms with Gasteiger partial charge in [0.05, 0.1) is 29.5 Å². The fraction of sp³-hybridized carbons (Fsp3) is 0.333. The topological polar surface area (TPSA) is 97.5 Å². The molecule has 1 N–H and O–H groups in total. The van der Waals surface area contributed by atoms with Crippen molar-refractivity contribution in [1.29, 1.82) is 0 Å². The van der Waals surface area contributed by atoms with E-state index in [4.69, 9.17) is 9.72 Å². The smallest absolute Gasteiger partial charge is 0.335 e. The van der Waals surface area contributed by atoms with Crippen molar-refractivity contribution in [3.63, 3.8) is 0 Å². The van der Waals surface area contributed by atoms with Gasteiger partial charge in [-0.3, -0.25) is 9.36 Å². The molecule has 0 bridgehead atoms. The number of para-hydroxylation sites is 2. The standard InChI is InChI=1S/C30H37N7O3/c1-8-29(38)32-22-17-21(26(40-7)19-25(22)35(6)16-15-34(4)5)18-27-31-14-13-28(33-27)37-24-12-10-9-11-23(24)36(20(2)3)30(37)39/h8-14,17,19-20H,1,15-16,18H2,2-7H3,(H,32,38). The molecular formula is C30H37N7O3. The molecule has 0 aliphatic carbocycles. The Morgan fingerprint density at radius 2 is 1.85 bits per heavy atom. The summed E-state index contributed by atoms with van der Waals surface area (Å²) in [6.07, 6.45) is 3.22. The van der Waals surface area contributed by atoms with Crippen LogP contribution < -0.4 is 20.6 Å². The first-order valence-electron chi connectivity index (χ1n) is 13.2. The molecule has 2 heterocycles. The van der Waals surface area contributed by atoms with Crippen LogP contribution in [0, 0.1) is 0 Å². The number of nitrogens with zero attached hydrogens (tertiary/aromatic N) is 6. The second kappa shape index (κ2) is 12.2. The van der Waals surface area contributed by atoms with Crippen molar-refractivity contribution in [2.45, 2.75) is 26.3 Å². The zero-order valence-corrected chi connectivity index (χ0v) is 24.0. The molecule has 10 heteroatoms. The molecule has 0 radical (unpaired) electrons. The van der Waals surface area contributed by atoms with Gasteiger partial charge in [-0.25, -0.2) is 19.3 Å². The summed E-state index contributed by atoms with van der Waals surface area (Å²) in [6.45, 7) is 9.14. The number of hydrogen-bond acceptors (Lipinski definition) is 7. The van der Waals surface area contributed by atoms with Gasteiger partial charge < -0.3 is 19.9 Å². The van der Waals surface area contributed by atoms with Crippen molar-refractivity contribution in [3.8, 4) is 11.6 Å². The van der Waals surface area contributed by atoms with Crippen molar-refractivity contribution < 1.29 is 9.53 Å². The van der Waals surface area contributed by atoms with Gasteiger partial charge in [0.15, 0.2) is 0 Å². The van der Waals surface area contributed by atoms with Crippen LogP contribution in [0.3, 0.4) is 0 Å². The summed E-state index contributed by atoms with van der Waals surface area (Å²) in [5, 5.41) is 2.93. The number of hydrogen-bond donors (Lipinski definition) is 1. The molecule has 40 heavy (non-hydrogen) atoms. The maximum atomic E-state index is 13.5. The minimum absolute atomic E-state index is 0.0113. The van der Waals surface area contributed by atoms with E-state index in [1.807, 2.05) is 71.4 Å². The molecule has 2 aromatic carbocycles. The summed E-state index contributed by atoms with van der Waals surface area (Å²) in [4.78, 5) is 39.2. The van der Waals surface area contributed by atoms with Crippen LogP contribution in [-0.4, -0.2) is 71.3 Å². The van der Waals surface area contributed by atoms with Crippen molar-refractivity contribution in [2.75, 3.05) is 51.6 Å². The Balaban J connectivity index is 1.76. The molecule has 0 saturated carbocycles. The molecular weight excluding hydrogens is 506 g/mol. The Morgan fingerprint density at radius 3 is 2.50 bits per heavy atom. The SMILES string of the molecule is C=CC(=O)Nc1cc(Cc2nccc(-n3c(=O)n(C(C)C)c4ccccc43)n2)c(OC)cc1N(C)CCN(C)C. The Bertz CT molecular complexity index is 1590. The van der Waals surface area contributed by atoms with Crippen LogP contribution >= 0.6 is 0 Å². The van der Waals surface area contributed by atoms with Crippen molar-refractivity contribution >= 4 is 28.3 Å². The van der Waals surface area contributed by atoms with Gasteiger partial charge in [0, 0.05) is 50.4 Å². The molecule has 0 unspecified atom stereocenters. The summed E-state index contributed by atoms with van der Waals surface area (Å²) < 4.78 is 9.14. The van der Waals surface area contributed by atoms with E-state index in [1.165, 1.54) is 6.08 Å². The van der Waals surface area contributed by atoms with Crippen molar-refractivity contribution in [2.24, 2.45) is 0 Å². The average molecular weight is 544 g/mol. The second-order valence-electron chi connectivity index (χ2n) is 10.2. The monoisotopic (exact) mass is 543 g/mol. The maximum Gasteiger partial charge on any atom is 0.335 e. The first kappa shape index (κ1) is 28.6. The first-order chi connectivity index (χ1) is 19.1. The third kappa shape index (κ3) is 5.91. The third-order valence-electron chi connectivity index (χ3n) is 6.70. The number of rotatable bonds is 11. The highest BCUT2D eigenvalue weighted by atomic mass is 16.5. The van der Waals surface area contributed by atoms with Gasteiger partial charge in [-0.05, 0) is 58.3 Å². The van der Waals surface area contributed by atoms with Crippen molar-refractivity contribution in [3.05, 3.63) is 83.2 Å². The summed E-state index contributed by atoms with van der Waals surface area (Å²) in [5.41, 5.74) is 3.72. The largest absolute Gasteiger partial charge is 0.496 e. The maximum absolute atomic E-state index is 13.5. The lowest BCUT2D eigenvalue weighted by Gasteiger charge is -2.25. The molecule has 0 spiro atoms. The highest BCUT2D eigenvalue weighted by molar-refractivity contribution is 6.01. The van der Waals surface area contributed by atoms with Crippen LogP contribution in [0.15, 0.2) is 66.1 Å². The van der Waals surface area contributed by atoms with Crippen LogP contribution in [0.25, 0.3) is 16.9 Å². The number of likely N-dealkylation sites (N-methyl/N-ethyl adjacent to an activating group) is 2. The van der Waals surface area contributed by atoms with Gasteiger partial charge in [-0.1, -0.05) is 18.7 Å². The molecule has 2 aromatic heterocycles. The van der Waals surface area contributed by atoms with Gasteiger partial charge in [0.2, 0.25) is 5.91 Å². The van der Waals surface area contributed by atoms with Gasteiger partial charge in [0.25, 0.3) is 0 Å². The number of amides is 1. The van der Waals surface area contributed by atoms with Gasteiger partial charge in [-0.2, -0.15) is 0 Å². The number of carbonyl (C=O) groups is 1. The Hall–Kier alpha value is -4.44. The van der Waals surface area contributed by atoms with Crippen molar-refractivity contribution in [1.82, 2.24) is 24.0 Å². The van der Waals surface area contributed by atoms with Gasteiger partial charge >= 0.3 is 5.69 Å². The Kier molecular flexibility index (Phi) is 8.69. The van der Waals surface area contributed by atoms with Crippen LogP contribution in [0.4, 0.5) is 11.4 Å². The van der Waals surface area contributed by atoms with Gasteiger partial charge in [0.1, 0.15) is 17.4 Å². The quantitative estimate of drug-likeness (QED) is 0.287. The zero-order chi connectivity index (χ0) is 29.0. The summed E-state index contributed by atoms with van der Waals surface area (Å²) >= 11 is 0. The Labute approximate surface area is 234 Å². The van der Waals surface area contributed by atoms with E-state index in [0.717, 1.165) is 35.4 Å². The Morgan fingerprint density at radius 1 is 1.12 bits per heavy atom. The van der Waals surface area contributed by atoms with E-state index in [9.17, 15) is 9.59 Å². The number of aromatic nitrogens is 4. The number of carbonyl (C=O) groups excluding carboxylic acids is 1. The molecule has 210 valence electrons. The molecule has 0 atom stereocenters. The molecule has 0 fully saturated rings. The number of benzene rings is 2. The summed E-state index contributed by atoms with van der Waals surface area (Å²) in [5.74, 6) is 1.34. The molecule has 0 saturated heterocycles. The fourth-order valence-electron chi connectivity index (χ4n) is 4.67. The second-order valence-corrected chi connectivity index (χ2v) is 10.2. The van der Waals surface area contributed by atoms with Crippen LogP contribution in [0.5, 0.6) is 5.75 Å². The predicted octanol–water partition coefficient (Wildman–Crippen LogP) is 3.88. The van der Waals surface area contributed by atoms with Crippen LogP contribution in [0.2, 0.25) is 0 Å². The first-order valence-corrected chi connectivity index (χ1v) is 13.2. The lowest BCUT2D eigenvalue weighted by Crippen LogP contribution is -2.29. The third-order valence-corrected chi connectivity index (χ3v) is 6.70. The average Bonchev–Trinajstić information content (AvgIpc) is 3.23. The number of nitrogens with one attached hydrogen (secondary N) is 1. The number of fused-ring (bicyclic) bond motifs is 1. The molecule has 1 amide bonds. The van der Waals surface area contributed by atoms with Crippen LogP contribution in [0.1, 0.15) is 31.3 Å². The van der Waals surface area contributed by atoms with Crippen LogP contribution in [-0.2, 0) is 11.2 Å². The van der Waals surface area contributed by atoms with E-state index in [-0.39, 0.29) is 17.6 Å². The number of imidazole rings is 1. The summed E-state index contributed by atoms with van der Waals surface area (Å²) in [6, 6.07) is 13.2. The molecule has 10 nitrogen and oxygen atoms in total. The molecule has 0 aliphatic rings. The highest BCUT2D eigenvalue weighted by Crippen LogP contribution is 2.34. The van der Waals surface area contributed by atoms with E-state index in [2.05, 4.69) is 26.7 Å². The van der Waals surface area contributed by atoms with Gasteiger partial charge in [-0.15, -0.1) is 0 Å². The lowest BCUT2D eigenvalue weighted by molar-refractivity contribution is -0.111. The number of anilines is 2. The molecule has 4 rings (SSSR count). The molecule has 0 aliphatic heterocycles. The summed E-state index contributed by atoms with van der Waals surface area (Å²) in [7, 11) is 7.61. The van der Waals surface area contributed by atoms with E-state index in [0.29, 0.717) is 29.5 Å². The predicted molar refractivity (Wildman–Crippen MR) is 160 cm³/mol. The lowest BCUT2D eigenvalue weighted by atomic mass is 10.1. The molecule has 4 aromatic rings. The van der Waals surface area contributed by atoms with E-state index < -0.39 is 0 Å². The fourth-order valence-corrected chi connectivity index (χ4v) is 4.67. The minimum atomic E-state index is -0.308. The normalized spacial score (nSPS) is 11.3. The highest BCUT2D eigenvalue weighted by Gasteiger charge is 2.19. The van der Waals surface area contributed by atoms with E-state index in [1.54, 1.807) is 28.5 Å². The van der Waals surface area contributed by atoms with E-state index >= 15 is 0 Å². The number of ether oxygens (including phenoxy) is 1. The number of methoxy groups -OCH3 is 1. The zero-order valence-electron chi connectivity index (χ0n) is 24.0. The minimum Gasteiger partial charge on any atom is -0.496 e.